The van der Waals surface area contributed by atoms with E-state index in [1.165, 1.54) is 12.4 Å². The van der Waals surface area contributed by atoms with Gasteiger partial charge in [0.25, 0.3) is 0 Å². The molecule has 1 fully saturated rings. The second-order valence-corrected chi connectivity index (χ2v) is 9.63. The van der Waals surface area contributed by atoms with Crippen LogP contribution in [0.4, 0.5) is 5.82 Å². The highest BCUT2D eigenvalue weighted by molar-refractivity contribution is 5.92. The molecule has 40 heavy (non-hydrogen) atoms. The SMILES string of the molecule is C=CC(=O)N1C[C@H](n2cc(C#Cc3cc(OC)cc(OC)c3)c3c(N)ncnc32)C[C@@H]1c1nnc(CN(C)C)o1. The Labute approximate surface area is 231 Å². The van der Waals surface area contributed by atoms with Crippen LogP contribution < -0.4 is 15.2 Å². The van der Waals surface area contributed by atoms with E-state index in [1.54, 1.807) is 25.2 Å². The van der Waals surface area contributed by atoms with E-state index in [0.717, 1.165) is 0 Å². The van der Waals surface area contributed by atoms with Crippen molar-refractivity contribution in [3.05, 3.63) is 66.3 Å². The molecule has 1 aliphatic heterocycles. The van der Waals surface area contributed by atoms with Crippen molar-refractivity contribution in [3.8, 4) is 23.3 Å². The average Bonchev–Trinajstić information content (AvgIpc) is 3.68. The summed E-state index contributed by atoms with van der Waals surface area (Å²) in [5.41, 5.74) is 8.29. The van der Waals surface area contributed by atoms with Gasteiger partial charge in [-0.15, -0.1) is 10.2 Å². The summed E-state index contributed by atoms with van der Waals surface area (Å²) in [6.45, 7) is 4.56. The minimum Gasteiger partial charge on any atom is -0.497 e. The Kier molecular flexibility index (Phi) is 7.39. The number of rotatable bonds is 7. The molecule has 0 radical (unpaired) electrons. The van der Waals surface area contributed by atoms with E-state index in [9.17, 15) is 4.79 Å². The number of amides is 1. The van der Waals surface area contributed by atoms with Crippen molar-refractivity contribution in [2.24, 2.45) is 0 Å². The molecular weight excluding hydrogens is 512 g/mol. The largest absolute Gasteiger partial charge is 0.497 e. The van der Waals surface area contributed by atoms with Crippen molar-refractivity contribution in [1.29, 1.82) is 0 Å². The summed E-state index contributed by atoms with van der Waals surface area (Å²) in [6, 6.07) is 4.84. The standard InChI is InChI=1S/C28H30N8O4/c1-6-24(37)36-14-19(11-22(36)28-33-32-23(40-28)15-34(2)3)35-13-18(25-26(29)30-16-31-27(25)35)8-7-17-9-20(38-4)12-21(10-17)39-5/h6,9-10,12-13,16,19,22H,1,11,14-15H2,2-5H3,(H2,29,30,31)/t19-,22-/m1/s1. The molecule has 2 N–H and O–H groups in total. The number of likely N-dealkylation sites (tertiary alicyclic amines) is 1. The zero-order chi connectivity index (χ0) is 28.4. The molecule has 2 atom stereocenters. The Morgan fingerprint density at radius 2 is 1.95 bits per heavy atom. The smallest absolute Gasteiger partial charge is 0.246 e. The van der Waals surface area contributed by atoms with Crippen molar-refractivity contribution < 1.29 is 18.7 Å². The Balaban J connectivity index is 1.53. The molecule has 0 bridgehead atoms. The van der Waals surface area contributed by atoms with Crippen molar-refractivity contribution >= 4 is 22.8 Å². The maximum Gasteiger partial charge on any atom is 0.246 e. The van der Waals surface area contributed by atoms with Crippen molar-refractivity contribution in [1.82, 2.24) is 34.5 Å². The van der Waals surface area contributed by atoms with Crippen LogP contribution >= 0.6 is 0 Å². The number of fused-ring (bicyclic) bond motifs is 1. The zero-order valence-electron chi connectivity index (χ0n) is 22.8. The molecule has 12 heteroatoms. The predicted molar refractivity (Wildman–Crippen MR) is 147 cm³/mol. The first-order valence-corrected chi connectivity index (χ1v) is 12.6. The lowest BCUT2D eigenvalue weighted by molar-refractivity contribution is -0.127. The third-order valence-electron chi connectivity index (χ3n) is 6.68. The average molecular weight is 543 g/mol. The number of nitrogens with two attached hydrogens (primary N) is 1. The molecule has 5 rings (SSSR count). The van der Waals surface area contributed by atoms with Gasteiger partial charge in [-0.25, -0.2) is 9.97 Å². The molecule has 3 aromatic heterocycles. The normalized spacial score (nSPS) is 16.7. The summed E-state index contributed by atoms with van der Waals surface area (Å²) in [5, 5.41) is 9.05. The van der Waals surface area contributed by atoms with Crippen molar-refractivity contribution in [2.75, 3.05) is 40.6 Å². The Hall–Kier alpha value is -4.89. The van der Waals surface area contributed by atoms with Gasteiger partial charge in [-0.2, -0.15) is 0 Å². The molecule has 0 aliphatic carbocycles. The van der Waals surface area contributed by atoms with Gasteiger partial charge in [0.1, 0.15) is 35.3 Å². The van der Waals surface area contributed by atoms with Crippen LogP contribution in [0.5, 0.6) is 11.5 Å². The van der Waals surface area contributed by atoms with Crippen LogP contribution in [0.2, 0.25) is 0 Å². The number of hydrogen-bond donors (Lipinski definition) is 1. The van der Waals surface area contributed by atoms with Gasteiger partial charge >= 0.3 is 0 Å². The van der Waals surface area contributed by atoms with E-state index in [2.05, 4.69) is 38.6 Å². The summed E-state index contributed by atoms with van der Waals surface area (Å²) in [5.74, 6) is 8.61. The molecule has 0 unspecified atom stereocenters. The highest BCUT2D eigenvalue weighted by Crippen LogP contribution is 2.40. The highest BCUT2D eigenvalue weighted by Gasteiger charge is 2.40. The number of hydrogen-bond acceptors (Lipinski definition) is 10. The second kappa shape index (κ2) is 11.1. The van der Waals surface area contributed by atoms with Gasteiger partial charge < -0.3 is 34.0 Å². The third-order valence-corrected chi connectivity index (χ3v) is 6.68. The fourth-order valence-electron chi connectivity index (χ4n) is 4.85. The quantitative estimate of drug-likeness (QED) is 0.274. The van der Waals surface area contributed by atoms with E-state index in [0.29, 0.717) is 70.8 Å². The topological polar surface area (TPSA) is 138 Å². The Morgan fingerprint density at radius 3 is 2.62 bits per heavy atom. The lowest BCUT2D eigenvalue weighted by Crippen LogP contribution is -2.30. The van der Waals surface area contributed by atoms with Crippen LogP contribution in [-0.2, 0) is 11.3 Å². The second-order valence-electron chi connectivity index (χ2n) is 9.63. The van der Waals surface area contributed by atoms with Crippen LogP contribution in [0, 0.1) is 11.8 Å². The molecule has 0 spiro atoms. The number of methoxy groups -OCH3 is 2. The lowest BCUT2D eigenvalue weighted by Gasteiger charge is -2.20. The van der Waals surface area contributed by atoms with Gasteiger partial charge in [-0.1, -0.05) is 18.4 Å². The first-order valence-electron chi connectivity index (χ1n) is 12.6. The number of carbonyl (C=O) groups is 1. The number of nitrogens with zero attached hydrogens (tertiary/aromatic N) is 7. The van der Waals surface area contributed by atoms with Gasteiger partial charge in [0.05, 0.1) is 37.8 Å². The summed E-state index contributed by atoms with van der Waals surface area (Å²) in [4.78, 5) is 25.2. The number of benzene rings is 1. The number of anilines is 1. The number of aromatic nitrogens is 5. The van der Waals surface area contributed by atoms with Gasteiger partial charge in [-0.3, -0.25) is 4.79 Å². The maximum atomic E-state index is 12.9. The fraction of sp³-hybridized carbons (Fsp3) is 0.321. The van der Waals surface area contributed by atoms with Gasteiger partial charge in [-0.05, 0) is 38.7 Å². The Bertz CT molecular complexity index is 1610. The first-order chi connectivity index (χ1) is 19.3. The van der Waals surface area contributed by atoms with E-state index < -0.39 is 6.04 Å². The molecule has 4 heterocycles. The van der Waals surface area contributed by atoms with Crippen molar-refractivity contribution in [2.45, 2.75) is 25.0 Å². The molecule has 1 aromatic carbocycles. The molecule has 1 aliphatic rings. The van der Waals surface area contributed by atoms with Crippen molar-refractivity contribution in [3.63, 3.8) is 0 Å². The van der Waals surface area contributed by atoms with E-state index in [1.807, 2.05) is 41.9 Å². The van der Waals surface area contributed by atoms with E-state index in [-0.39, 0.29) is 11.9 Å². The predicted octanol–water partition coefficient (Wildman–Crippen LogP) is 2.58. The summed E-state index contributed by atoms with van der Waals surface area (Å²) < 4.78 is 18.7. The van der Waals surface area contributed by atoms with Gasteiger partial charge in [0, 0.05) is 24.4 Å². The van der Waals surface area contributed by atoms with Crippen LogP contribution in [0.25, 0.3) is 11.0 Å². The molecule has 206 valence electrons. The first kappa shape index (κ1) is 26.7. The van der Waals surface area contributed by atoms with Crippen LogP contribution in [0.3, 0.4) is 0 Å². The minimum absolute atomic E-state index is 0.164. The number of carbonyl (C=O) groups excluding carboxylic acids is 1. The van der Waals surface area contributed by atoms with Gasteiger partial charge in [0.2, 0.25) is 17.7 Å². The molecular formula is C28H30N8O4. The fourth-order valence-corrected chi connectivity index (χ4v) is 4.85. The third kappa shape index (κ3) is 5.19. The molecule has 12 nitrogen and oxygen atoms in total. The van der Waals surface area contributed by atoms with Gasteiger partial charge in [0.15, 0.2) is 0 Å². The number of nitrogen functional groups attached to an aromatic ring is 1. The molecule has 0 saturated carbocycles. The summed E-state index contributed by atoms with van der Waals surface area (Å²) in [7, 11) is 7.01. The molecule has 1 amide bonds. The lowest BCUT2D eigenvalue weighted by atomic mass is 10.1. The monoisotopic (exact) mass is 542 g/mol. The van der Waals surface area contributed by atoms with Crippen LogP contribution in [0.1, 0.15) is 41.4 Å². The summed E-state index contributed by atoms with van der Waals surface area (Å²) >= 11 is 0. The van der Waals surface area contributed by atoms with Crippen LogP contribution in [0.15, 0.2) is 47.8 Å². The molecule has 4 aromatic rings. The summed E-state index contributed by atoms with van der Waals surface area (Å²) in [6.07, 6.45) is 5.13. The highest BCUT2D eigenvalue weighted by atomic mass is 16.5. The van der Waals surface area contributed by atoms with E-state index >= 15 is 0 Å². The zero-order valence-corrected chi connectivity index (χ0v) is 22.8. The minimum atomic E-state index is -0.422. The molecule has 1 saturated heterocycles. The maximum absolute atomic E-state index is 12.9. The van der Waals surface area contributed by atoms with E-state index in [4.69, 9.17) is 19.6 Å². The van der Waals surface area contributed by atoms with Crippen LogP contribution in [-0.4, -0.2) is 75.3 Å². The Morgan fingerprint density at radius 1 is 1.20 bits per heavy atom. The number of ether oxygens (including phenoxy) is 2.